The molecule has 0 fully saturated rings. The maximum atomic E-state index is 12.0. The molecule has 0 aliphatic carbocycles. The zero-order chi connectivity index (χ0) is 15.6. The first-order valence-corrected chi connectivity index (χ1v) is 6.87. The molecule has 1 unspecified atom stereocenters. The van der Waals surface area contributed by atoms with Crippen molar-refractivity contribution in [1.82, 2.24) is 19.9 Å². The van der Waals surface area contributed by atoms with Gasteiger partial charge in [-0.2, -0.15) is 0 Å². The number of fused-ring (bicyclic) bond motifs is 1. The zero-order valence-electron chi connectivity index (χ0n) is 12.4. The summed E-state index contributed by atoms with van der Waals surface area (Å²) in [4.78, 5) is 27.7. The van der Waals surface area contributed by atoms with Gasteiger partial charge in [0.2, 0.25) is 5.91 Å². The number of carbonyl (C=O) groups excluding carboxylic acids is 1. The standard InChI is InChI=1S/C14H20N4O3/c1-8(7-19)6-15-13(20)4-11-9(2)16-12-5-14(21)17-18(12)10(11)3/h5,8,19H,4,6-7H2,1-3H3,(H,15,20)(H,17,21). The molecule has 0 aromatic carbocycles. The average molecular weight is 292 g/mol. The molecule has 2 rings (SSSR count). The van der Waals surface area contributed by atoms with Gasteiger partial charge in [-0.3, -0.25) is 14.7 Å². The van der Waals surface area contributed by atoms with Gasteiger partial charge in [0.15, 0.2) is 5.65 Å². The maximum absolute atomic E-state index is 12.0. The van der Waals surface area contributed by atoms with E-state index in [0.29, 0.717) is 12.2 Å². The van der Waals surface area contributed by atoms with Crippen molar-refractivity contribution in [2.24, 2.45) is 5.92 Å². The van der Waals surface area contributed by atoms with E-state index < -0.39 is 0 Å². The van der Waals surface area contributed by atoms with Crippen LogP contribution in [-0.2, 0) is 11.2 Å². The molecular weight excluding hydrogens is 272 g/mol. The Morgan fingerprint density at radius 1 is 1.52 bits per heavy atom. The van der Waals surface area contributed by atoms with Crippen molar-refractivity contribution >= 4 is 11.6 Å². The second-order valence-corrected chi connectivity index (χ2v) is 5.34. The van der Waals surface area contributed by atoms with Crippen LogP contribution in [0.5, 0.6) is 0 Å². The summed E-state index contributed by atoms with van der Waals surface area (Å²) in [5, 5.41) is 14.4. The summed E-state index contributed by atoms with van der Waals surface area (Å²) in [6.07, 6.45) is 0.193. The number of aromatic nitrogens is 3. The van der Waals surface area contributed by atoms with Gasteiger partial charge in [0.05, 0.1) is 6.42 Å². The van der Waals surface area contributed by atoms with Crippen molar-refractivity contribution < 1.29 is 9.90 Å². The van der Waals surface area contributed by atoms with Crippen LogP contribution in [0, 0.1) is 19.8 Å². The van der Waals surface area contributed by atoms with Gasteiger partial charge in [0, 0.05) is 36.2 Å². The summed E-state index contributed by atoms with van der Waals surface area (Å²) in [5.41, 5.74) is 2.65. The molecule has 2 aromatic heterocycles. The van der Waals surface area contributed by atoms with Gasteiger partial charge in [0.1, 0.15) is 0 Å². The minimum atomic E-state index is -0.219. The van der Waals surface area contributed by atoms with Crippen molar-refractivity contribution in [2.45, 2.75) is 27.2 Å². The molecule has 0 spiro atoms. The Hall–Kier alpha value is -2.15. The molecule has 3 N–H and O–H groups in total. The molecule has 0 aliphatic rings. The lowest BCUT2D eigenvalue weighted by Crippen LogP contribution is -2.31. The zero-order valence-corrected chi connectivity index (χ0v) is 12.4. The van der Waals surface area contributed by atoms with E-state index in [2.05, 4.69) is 15.4 Å². The lowest BCUT2D eigenvalue weighted by molar-refractivity contribution is -0.120. The Balaban J connectivity index is 2.22. The van der Waals surface area contributed by atoms with E-state index in [1.54, 1.807) is 4.52 Å². The minimum absolute atomic E-state index is 0.0255. The fourth-order valence-corrected chi connectivity index (χ4v) is 2.19. The van der Waals surface area contributed by atoms with Gasteiger partial charge in [-0.05, 0) is 19.8 Å². The predicted octanol–water partition coefficient (Wildman–Crippen LogP) is -0.0735. The number of aromatic amines is 1. The number of nitrogens with one attached hydrogen (secondary N) is 2. The molecule has 0 aliphatic heterocycles. The summed E-state index contributed by atoms with van der Waals surface area (Å²) < 4.78 is 1.59. The summed E-state index contributed by atoms with van der Waals surface area (Å²) in [6, 6.07) is 1.42. The molecule has 114 valence electrons. The number of aryl methyl sites for hydroxylation is 2. The highest BCUT2D eigenvalue weighted by molar-refractivity contribution is 5.79. The first kappa shape index (κ1) is 15.2. The molecule has 2 heterocycles. The number of carbonyl (C=O) groups is 1. The Morgan fingerprint density at radius 2 is 2.24 bits per heavy atom. The minimum Gasteiger partial charge on any atom is -0.396 e. The van der Waals surface area contributed by atoms with Gasteiger partial charge in [-0.1, -0.05) is 6.92 Å². The normalized spacial score (nSPS) is 12.6. The third-order valence-corrected chi connectivity index (χ3v) is 3.50. The summed E-state index contributed by atoms with van der Waals surface area (Å²) in [6.45, 7) is 5.99. The van der Waals surface area contributed by atoms with E-state index in [1.807, 2.05) is 20.8 Å². The molecule has 0 saturated carbocycles. The number of aliphatic hydroxyl groups is 1. The topological polar surface area (TPSA) is 99.5 Å². The second kappa shape index (κ2) is 6.09. The smallest absolute Gasteiger partial charge is 0.266 e. The predicted molar refractivity (Wildman–Crippen MR) is 78.3 cm³/mol. The fourth-order valence-electron chi connectivity index (χ4n) is 2.19. The highest BCUT2D eigenvalue weighted by Gasteiger charge is 2.14. The monoisotopic (exact) mass is 292 g/mol. The van der Waals surface area contributed by atoms with Crippen LogP contribution in [0.2, 0.25) is 0 Å². The number of nitrogens with zero attached hydrogens (tertiary/aromatic N) is 2. The number of aliphatic hydroxyl groups excluding tert-OH is 1. The molecule has 7 heteroatoms. The first-order valence-electron chi connectivity index (χ1n) is 6.87. The maximum Gasteiger partial charge on any atom is 0.266 e. The lowest BCUT2D eigenvalue weighted by atomic mass is 10.1. The molecule has 0 saturated heterocycles. The van der Waals surface area contributed by atoms with Crippen molar-refractivity contribution in [3.05, 3.63) is 33.4 Å². The summed E-state index contributed by atoms with van der Waals surface area (Å²) >= 11 is 0. The van der Waals surface area contributed by atoms with E-state index in [9.17, 15) is 9.59 Å². The van der Waals surface area contributed by atoms with Crippen LogP contribution in [0.15, 0.2) is 10.9 Å². The average Bonchev–Trinajstić information content (AvgIpc) is 2.81. The van der Waals surface area contributed by atoms with Crippen molar-refractivity contribution in [2.75, 3.05) is 13.2 Å². The number of H-pyrrole nitrogens is 1. The molecule has 2 aromatic rings. The second-order valence-electron chi connectivity index (χ2n) is 5.34. The SMILES string of the molecule is Cc1nc2cc(=O)[nH]n2c(C)c1CC(=O)NCC(C)CO. The third-order valence-electron chi connectivity index (χ3n) is 3.50. The van der Waals surface area contributed by atoms with Crippen LogP contribution < -0.4 is 10.9 Å². The molecule has 7 nitrogen and oxygen atoms in total. The highest BCUT2D eigenvalue weighted by Crippen LogP contribution is 2.13. The van der Waals surface area contributed by atoms with Gasteiger partial charge >= 0.3 is 0 Å². The van der Waals surface area contributed by atoms with E-state index in [-0.39, 0.29) is 30.4 Å². The van der Waals surface area contributed by atoms with E-state index in [0.717, 1.165) is 17.0 Å². The van der Waals surface area contributed by atoms with Crippen LogP contribution in [0.3, 0.4) is 0 Å². The molecule has 21 heavy (non-hydrogen) atoms. The molecular formula is C14H20N4O3. The largest absolute Gasteiger partial charge is 0.396 e. The Labute approximate surface area is 122 Å². The lowest BCUT2D eigenvalue weighted by Gasteiger charge is -2.13. The van der Waals surface area contributed by atoms with E-state index in [4.69, 9.17) is 5.11 Å². The van der Waals surface area contributed by atoms with Crippen LogP contribution >= 0.6 is 0 Å². The van der Waals surface area contributed by atoms with Gasteiger partial charge in [0.25, 0.3) is 5.56 Å². The van der Waals surface area contributed by atoms with Gasteiger partial charge in [-0.15, -0.1) is 0 Å². The molecule has 1 amide bonds. The highest BCUT2D eigenvalue weighted by atomic mass is 16.3. The van der Waals surface area contributed by atoms with Crippen LogP contribution in [0.4, 0.5) is 0 Å². The number of hydrogen-bond acceptors (Lipinski definition) is 4. The van der Waals surface area contributed by atoms with Crippen molar-refractivity contribution in [1.29, 1.82) is 0 Å². The summed E-state index contributed by atoms with van der Waals surface area (Å²) in [7, 11) is 0. The molecule has 1 atom stereocenters. The van der Waals surface area contributed by atoms with Crippen LogP contribution in [0.1, 0.15) is 23.9 Å². The van der Waals surface area contributed by atoms with Crippen LogP contribution in [0.25, 0.3) is 5.65 Å². The van der Waals surface area contributed by atoms with Crippen molar-refractivity contribution in [3.63, 3.8) is 0 Å². The Kier molecular flexibility index (Phi) is 4.42. The van der Waals surface area contributed by atoms with E-state index >= 15 is 0 Å². The quantitative estimate of drug-likeness (QED) is 0.718. The Morgan fingerprint density at radius 3 is 2.90 bits per heavy atom. The first-order chi connectivity index (χ1) is 9.92. The van der Waals surface area contributed by atoms with E-state index in [1.165, 1.54) is 6.07 Å². The summed E-state index contributed by atoms with van der Waals surface area (Å²) in [5.74, 6) is -0.102. The number of rotatable bonds is 5. The molecule has 0 radical (unpaired) electrons. The fraction of sp³-hybridized carbons (Fsp3) is 0.500. The van der Waals surface area contributed by atoms with Crippen molar-refractivity contribution in [3.8, 4) is 0 Å². The number of hydrogen-bond donors (Lipinski definition) is 3. The Bertz CT molecular complexity index is 717. The van der Waals surface area contributed by atoms with Crippen LogP contribution in [-0.4, -0.2) is 38.8 Å². The third kappa shape index (κ3) is 3.30. The molecule has 0 bridgehead atoms. The van der Waals surface area contributed by atoms with Gasteiger partial charge in [-0.25, -0.2) is 9.50 Å². The van der Waals surface area contributed by atoms with Gasteiger partial charge < -0.3 is 10.4 Å². The number of amides is 1.